The second-order valence-electron chi connectivity index (χ2n) is 23.4. The van der Waals surface area contributed by atoms with Crippen LogP contribution < -0.4 is 27.8 Å². The van der Waals surface area contributed by atoms with Gasteiger partial charge in [0.1, 0.15) is 26.9 Å². The average Bonchev–Trinajstić information content (AvgIpc) is 1.76. The number of aliphatic hydroxyl groups is 4. The fourth-order valence-corrected chi connectivity index (χ4v) is 13.3. The van der Waals surface area contributed by atoms with E-state index in [-0.39, 0.29) is 133 Å². The summed E-state index contributed by atoms with van der Waals surface area (Å²) in [6.45, 7) is 36.9. The number of nitrogens with one attached hydrogen (secondary N) is 5. The number of aryl methyl sites for hydroxylation is 2. The Morgan fingerprint density at radius 3 is 0.912 bits per heavy atom. The van der Waals surface area contributed by atoms with Gasteiger partial charge in [-0.05, 0) is 145 Å². The first-order chi connectivity index (χ1) is 52.8. The summed E-state index contributed by atoms with van der Waals surface area (Å²) in [4.78, 5) is 10.0. The molecule has 34 nitrogen and oxygen atoms in total. The van der Waals surface area contributed by atoms with E-state index in [1.165, 1.54) is 48.7 Å². The number of hydroxylamine groups is 4. The van der Waals surface area contributed by atoms with Crippen LogP contribution >= 0.6 is 18.6 Å². The monoisotopic (exact) mass is 2300 g/mol. The first-order valence-corrected chi connectivity index (χ1v) is 38.4. The molecule has 8 aromatic rings. The van der Waals surface area contributed by atoms with Gasteiger partial charge in [-0.1, -0.05) is 230 Å². The molecule has 0 radical (unpaired) electrons. The number of rotatable bonds is 12. The van der Waals surface area contributed by atoms with Gasteiger partial charge >= 0.3 is 0 Å². The number of hydrogen-bond donors (Lipinski definition) is 15. The zero-order valence-corrected chi connectivity index (χ0v) is 83.4. The number of aromatic amines is 1. The smallest absolute Gasteiger partial charge is 0.185 e. The Kier molecular flexibility index (Phi) is 79.2. The molecule has 4 aliphatic rings. The second kappa shape index (κ2) is 73.2. The number of hydrogen-bond acceptors (Lipinski definition) is 30. The number of tetrazole rings is 4. The summed E-state index contributed by atoms with van der Waals surface area (Å²) in [5, 5.41) is 119. The molecule has 8 heterocycles. The van der Waals surface area contributed by atoms with Crippen LogP contribution in [0.15, 0.2) is 121 Å². The van der Waals surface area contributed by atoms with Gasteiger partial charge in [-0.25, -0.2) is 10.6 Å². The maximum atomic E-state index is 7.51. The molecule has 12 rings (SSSR count). The largest absolute Gasteiger partial charge is 0.459 e. The maximum Gasteiger partial charge on any atom is 0.185 e. The van der Waals surface area contributed by atoms with E-state index in [0.29, 0.717) is 23.7 Å². The van der Waals surface area contributed by atoms with Gasteiger partial charge < -0.3 is 66.1 Å². The van der Waals surface area contributed by atoms with Crippen molar-refractivity contribution in [1.29, 1.82) is 0 Å². The first kappa shape index (κ1) is 122. The van der Waals surface area contributed by atoms with Crippen LogP contribution in [0.2, 0.25) is 0 Å². The van der Waals surface area contributed by atoms with Crippen molar-refractivity contribution in [3.8, 4) is 0 Å². The van der Waals surface area contributed by atoms with Gasteiger partial charge in [0, 0.05) is 101 Å². The molecular formula is C73H135N25O9P2W4-4. The molecule has 113 heavy (non-hydrogen) atoms. The number of nitrogens with zero attached hydrogens (tertiary/aromatic N) is 19. The fraction of sp³-hybridized carbons (Fsp3) is 0.562. The van der Waals surface area contributed by atoms with Gasteiger partial charge in [-0.2, -0.15) is 36.5 Å². The summed E-state index contributed by atoms with van der Waals surface area (Å²) in [7, 11) is 24.9. The molecule has 4 aliphatic heterocycles. The molecule has 4 fully saturated rings. The van der Waals surface area contributed by atoms with Crippen LogP contribution in [0.3, 0.4) is 0 Å². The third-order valence-corrected chi connectivity index (χ3v) is 17.9. The molecule has 0 spiro atoms. The van der Waals surface area contributed by atoms with Crippen molar-refractivity contribution in [2.45, 2.75) is 144 Å². The number of likely N-dealkylation sites (tertiary alicyclic amines) is 4. The number of benzene rings is 4. The number of piperidine rings is 4. The molecule has 16 N–H and O–H groups in total. The van der Waals surface area contributed by atoms with E-state index in [1.807, 2.05) is 119 Å². The molecule has 10 atom stereocenters. The van der Waals surface area contributed by atoms with Crippen LogP contribution in [0.5, 0.6) is 0 Å². The molecule has 4 aromatic carbocycles. The normalized spacial score (nSPS) is 20.9. The summed E-state index contributed by atoms with van der Waals surface area (Å²) in [5.41, 5.74) is 10.4. The minimum atomic E-state index is -0.375. The van der Waals surface area contributed by atoms with Crippen molar-refractivity contribution in [3.05, 3.63) is 195 Å². The number of nitrogens with two attached hydrogens (primary N) is 1. The van der Waals surface area contributed by atoms with E-state index in [4.69, 9.17) is 46.5 Å². The van der Waals surface area contributed by atoms with Crippen LogP contribution in [-0.2, 0) is 120 Å². The van der Waals surface area contributed by atoms with Gasteiger partial charge in [0.25, 0.3) is 0 Å². The van der Waals surface area contributed by atoms with Gasteiger partial charge in [-0.15, -0.1) is 44.9 Å². The van der Waals surface area contributed by atoms with E-state index in [9.17, 15) is 0 Å². The summed E-state index contributed by atoms with van der Waals surface area (Å²) < 4.78 is 3.27. The summed E-state index contributed by atoms with van der Waals surface area (Å²) in [5.74, 6) is 8.43. The number of H-pyrrole nitrogens is 1. The molecular weight excluding hydrogens is 2170 g/mol. The van der Waals surface area contributed by atoms with Crippen molar-refractivity contribution in [3.63, 3.8) is 0 Å². The summed E-state index contributed by atoms with van der Waals surface area (Å²) >= 11 is 0. The predicted octanol–water partition coefficient (Wildman–Crippen LogP) is 7.22. The number of aromatic nitrogens is 16. The topological polar surface area (TPSA) is 454 Å². The van der Waals surface area contributed by atoms with Gasteiger partial charge in [0.05, 0.1) is 28.7 Å². The third-order valence-electron chi connectivity index (χ3n) is 17.7. The summed E-state index contributed by atoms with van der Waals surface area (Å²) in [6, 6.07) is 42.2. The van der Waals surface area contributed by atoms with E-state index in [0.717, 1.165) is 101 Å². The van der Waals surface area contributed by atoms with E-state index < -0.39 is 0 Å². The van der Waals surface area contributed by atoms with Crippen LogP contribution in [0.1, 0.15) is 168 Å². The van der Waals surface area contributed by atoms with Gasteiger partial charge in [-0.3, -0.25) is 28.2 Å². The minimum absolute atomic E-state index is 0. The fourth-order valence-electron chi connectivity index (χ4n) is 13.2. The van der Waals surface area contributed by atoms with Crippen molar-refractivity contribution in [1.82, 2.24) is 123 Å². The molecule has 644 valence electrons. The van der Waals surface area contributed by atoms with E-state index in [1.54, 1.807) is 4.80 Å². The standard InChI is InChI=1S/2C15H20N5.C14H19N5P.C14H18N5.5C2H6.4CH5NO2.CH5P.H3NO.4W/c1-12-11-19(2)10-9-15(12,13-7-5-4-6-8-13)14-16-17-18-20(14)3;1-12-11-19(2)10-9-15(12,13-7-5-4-6-8-13)14-16-18-20(3)17-14;1-11-10-18(2)9-8-14(11,12-6-4-3-5-7-12)13-15-17-19(20)16-13;1-11-10-19(2)9-8-14(11,13-15-17-18-16-13)12-6-4-3-5-7-12;5*1-2;4*3-1-2-4;2*1-2;;;;/h2*4-8,12H,2,9-11H2,1,3H3;3-7,11H,2,8-10,20H2,1H3;3-7,11H,2,8-10H2,1H3,(H,15,16,17,18);5*1-2H3;4*2-4H,1H2;2H2,1H3;2H,1H2;;;;/q4*-1;;;;;;;;;;;;;;;. The Hall–Kier alpha value is -3.95. The molecule has 0 saturated carbocycles. The Labute approximate surface area is 735 Å². The van der Waals surface area contributed by atoms with Crippen LogP contribution in [0.25, 0.3) is 0 Å². The Morgan fingerprint density at radius 2 is 0.690 bits per heavy atom. The molecule has 40 heteroatoms. The molecule has 0 amide bonds. The second-order valence-corrected chi connectivity index (χ2v) is 23.9. The summed E-state index contributed by atoms with van der Waals surface area (Å²) in [6.07, 6.45) is 3.86. The molecule has 4 saturated heterocycles. The third kappa shape index (κ3) is 37.9. The Balaban J connectivity index is -0.000000235. The molecule has 4 aromatic heterocycles. The minimum Gasteiger partial charge on any atom is -0.459 e. The SMILES string of the molecule is CC.CC.CC.CC.CC.CP.NO.OCNO.OCNO.OCNO.OCNO.[CH2-]N1CCC(c2ccccc2)(c2nn[nH]n2)C(C)C1.[CH2-]N1CCC(c2ccccc2)(c2nnn(C)n2)C(C)C1.[CH2-]N1CCC(c2ccccc2)(c2nnn(P)n2)C(C)C1.[CH2-]N1CCC(c2ccccc2)(c2nnnn2C)C(C)C1.[W].[W].[W].[W]. The van der Waals surface area contributed by atoms with Crippen molar-refractivity contribution in [2.75, 3.05) is 85.9 Å². The van der Waals surface area contributed by atoms with Crippen molar-refractivity contribution in [2.24, 2.45) is 43.7 Å². The van der Waals surface area contributed by atoms with Crippen LogP contribution in [0.4, 0.5) is 0 Å². The maximum absolute atomic E-state index is 7.51. The van der Waals surface area contributed by atoms with Crippen molar-refractivity contribution >= 4 is 18.6 Å². The van der Waals surface area contributed by atoms with E-state index in [2.05, 4.69) is 264 Å². The molecule has 10 unspecified atom stereocenters. The zero-order valence-electron chi connectivity index (χ0n) is 69.4. The van der Waals surface area contributed by atoms with Gasteiger partial charge in [0.2, 0.25) is 0 Å². The predicted molar refractivity (Wildman–Crippen MR) is 433 cm³/mol. The van der Waals surface area contributed by atoms with Crippen LogP contribution in [-0.4, -0.2) is 233 Å². The quantitative estimate of drug-likeness (QED) is 0.0248. The molecule has 0 aliphatic carbocycles. The Morgan fingerprint density at radius 1 is 0.425 bits per heavy atom. The average molecular weight is 2300 g/mol. The van der Waals surface area contributed by atoms with Crippen molar-refractivity contribution < 1.29 is 131 Å². The van der Waals surface area contributed by atoms with Gasteiger partial charge in [0.15, 0.2) is 23.3 Å². The zero-order chi connectivity index (χ0) is 83.4. The molecule has 0 bridgehead atoms. The first-order valence-electron chi connectivity index (χ1n) is 36.7. The number of aliphatic hydroxyl groups excluding tert-OH is 4. The van der Waals surface area contributed by atoms with Crippen LogP contribution in [0, 0.1) is 51.9 Å². The van der Waals surface area contributed by atoms with E-state index >= 15 is 0 Å². The Bertz CT molecular complexity index is 3210.